The minimum atomic E-state index is -3.77. The topological polar surface area (TPSA) is 74.2 Å². The van der Waals surface area contributed by atoms with Crippen molar-refractivity contribution in [3.63, 3.8) is 0 Å². The van der Waals surface area contributed by atoms with E-state index >= 15 is 0 Å². The first-order valence-electron chi connectivity index (χ1n) is 12.6. The van der Waals surface area contributed by atoms with Gasteiger partial charge in [0, 0.05) is 31.6 Å². The number of hydrogen-bond donors (Lipinski definition) is 1. The molecular weight excluding hydrogens is 451 g/mol. The van der Waals surface area contributed by atoms with Crippen LogP contribution in [0.15, 0.2) is 23.8 Å². The second-order valence-corrected chi connectivity index (χ2v) is 12.7. The van der Waals surface area contributed by atoms with E-state index in [2.05, 4.69) is 46.8 Å². The van der Waals surface area contributed by atoms with Crippen LogP contribution in [0.2, 0.25) is 0 Å². The van der Waals surface area contributed by atoms with E-state index in [0.29, 0.717) is 12.2 Å². The Kier molecular flexibility index (Phi) is 8.61. The number of rotatable bonds is 11. The van der Waals surface area contributed by atoms with E-state index in [1.54, 1.807) is 0 Å². The van der Waals surface area contributed by atoms with E-state index in [0.717, 1.165) is 41.7 Å². The van der Waals surface area contributed by atoms with Gasteiger partial charge in [0.05, 0.1) is 6.61 Å². The third-order valence-electron chi connectivity index (χ3n) is 7.67. The molecular formula is C27H43O6P. The van der Waals surface area contributed by atoms with Crippen LogP contribution in [-0.4, -0.2) is 31.5 Å². The molecule has 2 atom stereocenters. The average molecular weight is 495 g/mol. The monoisotopic (exact) mass is 494 g/mol. The van der Waals surface area contributed by atoms with Crippen LogP contribution in [0, 0.1) is 5.92 Å². The van der Waals surface area contributed by atoms with Gasteiger partial charge in [0.15, 0.2) is 0 Å². The van der Waals surface area contributed by atoms with Gasteiger partial charge in [0.1, 0.15) is 17.1 Å². The SMILES string of the molecule is CCCCCCC(C)(C)c1cc2c(c(OP(=O)(OC)OC)c1)[C@H]1CC(CO)=CC[C@@H]1C(C)(C)O2. The zero-order valence-electron chi connectivity index (χ0n) is 22.0. The summed E-state index contributed by atoms with van der Waals surface area (Å²) < 4.78 is 36.0. The lowest BCUT2D eigenvalue weighted by Crippen LogP contribution is -2.45. The number of fused-ring (bicyclic) bond motifs is 3. The Balaban J connectivity index is 2.11. The van der Waals surface area contributed by atoms with Gasteiger partial charge < -0.3 is 14.4 Å². The third kappa shape index (κ3) is 5.73. The van der Waals surface area contributed by atoms with Crippen molar-refractivity contribution in [2.24, 2.45) is 5.92 Å². The number of benzene rings is 1. The quantitative estimate of drug-likeness (QED) is 0.198. The van der Waals surface area contributed by atoms with Gasteiger partial charge in [-0.15, -0.1) is 0 Å². The summed E-state index contributed by atoms with van der Waals surface area (Å²) in [5, 5.41) is 9.85. The predicted octanol–water partition coefficient (Wildman–Crippen LogP) is 7.30. The third-order valence-corrected chi connectivity index (χ3v) is 8.98. The van der Waals surface area contributed by atoms with E-state index in [4.69, 9.17) is 18.3 Å². The van der Waals surface area contributed by atoms with Crippen molar-refractivity contribution in [2.75, 3.05) is 20.8 Å². The first-order valence-corrected chi connectivity index (χ1v) is 14.0. The molecule has 1 aliphatic heterocycles. The lowest BCUT2D eigenvalue weighted by molar-refractivity contribution is 0.00680. The molecule has 0 bridgehead atoms. The number of aliphatic hydroxyl groups is 1. The average Bonchev–Trinajstić information content (AvgIpc) is 2.80. The largest absolute Gasteiger partial charge is 0.529 e. The Hall–Kier alpha value is -1.33. The fourth-order valence-electron chi connectivity index (χ4n) is 5.45. The number of phosphoric ester groups is 1. The van der Waals surface area contributed by atoms with Crippen LogP contribution >= 0.6 is 7.82 Å². The van der Waals surface area contributed by atoms with Crippen LogP contribution < -0.4 is 9.26 Å². The minimum Gasteiger partial charge on any atom is -0.487 e. The summed E-state index contributed by atoms with van der Waals surface area (Å²) in [6.45, 7) is 11.0. The smallest absolute Gasteiger partial charge is 0.487 e. The lowest BCUT2D eigenvalue weighted by atomic mass is 9.66. The summed E-state index contributed by atoms with van der Waals surface area (Å²) in [5.74, 6) is 1.53. The molecule has 1 N–H and O–H groups in total. The molecule has 1 aliphatic carbocycles. The summed E-state index contributed by atoms with van der Waals surface area (Å²) in [5.41, 5.74) is 2.49. The predicted molar refractivity (Wildman–Crippen MR) is 136 cm³/mol. The van der Waals surface area contributed by atoms with Crippen molar-refractivity contribution in [3.05, 3.63) is 34.9 Å². The maximum absolute atomic E-state index is 13.1. The van der Waals surface area contributed by atoms with Gasteiger partial charge in [-0.25, -0.2) is 4.57 Å². The molecule has 6 nitrogen and oxygen atoms in total. The summed E-state index contributed by atoms with van der Waals surface area (Å²) >= 11 is 0. The van der Waals surface area contributed by atoms with E-state index in [1.165, 1.54) is 33.5 Å². The summed E-state index contributed by atoms with van der Waals surface area (Å²) in [6, 6.07) is 4.14. The van der Waals surface area contributed by atoms with E-state index in [-0.39, 0.29) is 29.5 Å². The molecule has 0 saturated carbocycles. The highest BCUT2D eigenvalue weighted by Crippen LogP contribution is 2.58. The minimum absolute atomic E-state index is 0.0353. The van der Waals surface area contributed by atoms with Crippen molar-refractivity contribution in [1.82, 2.24) is 0 Å². The molecule has 2 aliphatic rings. The molecule has 0 aromatic heterocycles. The molecule has 3 rings (SSSR count). The van der Waals surface area contributed by atoms with Gasteiger partial charge in [-0.3, -0.25) is 9.05 Å². The van der Waals surface area contributed by atoms with Crippen molar-refractivity contribution >= 4 is 7.82 Å². The summed E-state index contributed by atoms with van der Waals surface area (Å²) in [4.78, 5) is 0. The molecule has 0 spiro atoms. The highest BCUT2D eigenvalue weighted by atomic mass is 31.2. The van der Waals surface area contributed by atoms with Crippen LogP contribution in [0.5, 0.6) is 11.5 Å². The van der Waals surface area contributed by atoms with Crippen molar-refractivity contribution in [1.29, 1.82) is 0 Å². The Morgan fingerprint density at radius 1 is 1.18 bits per heavy atom. The number of hydrogen-bond acceptors (Lipinski definition) is 6. The molecule has 1 aromatic rings. The van der Waals surface area contributed by atoms with Gasteiger partial charge in [0.25, 0.3) is 0 Å². The van der Waals surface area contributed by atoms with E-state index in [9.17, 15) is 9.67 Å². The summed E-state index contributed by atoms with van der Waals surface area (Å²) in [6.07, 6.45) is 9.47. The molecule has 0 unspecified atom stereocenters. The Morgan fingerprint density at radius 2 is 1.88 bits per heavy atom. The van der Waals surface area contributed by atoms with Crippen molar-refractivity contribution in [3.8, 4) is 11.5 Å². The second kappa shape index (κ2) is 10.7. The van der Waals surface area contributed by atoms with Crippen LogP contribution in [0.1, 0.15) is 96.6 Å². The fraction of sp³-hybridized carbons (Fsp3) is 0.704. The maximum Gasteiger partial charge on any atom is 0.529 e. The number of aliphatic hydroxyl groups excluding tert-OH is 1. The maximum atomic E-state index is 13.1. The Labute approximate surface area is 205 Å². The summed E-state index contributed by atoms with van der Waals surface area (Å²) in [7, 11) is -1.12. The van der Waals surface area contributed by atoms with Crippen molar-refractivity contribution in [2.45, 2.75) is 96.5 Å². The van der Waals surface area contributed by atoms with Crippen LogP contribution in [-0.2, 0) is 19.0 Å². The first-order chi connectivity index (χ1) is 16.0. The highest BCUT2D eigenvalue weighted by molar-refractivity contribution is 7.48. The van der Waals surface area contributed by atoms with Gasteiger partial charge in [0.2, 0.25) is 0 Å². The van der Waals surface area contributed by atoms with E-state index in [1.807, 2.05) is 6.07 Å². The first kappa shape index (κ1) is 27.3. The molecule has 1 heterocycles. The Morgan fingerprint density at radius 3 is 2.50 bits per heavy atom. The van der Waals surface area contributed by atoms with Crippen molar-refractivity contribution < 1.29 is 28.0 Å². The fourth-order valence-corrected chi connectivity index (χ4v) is 6.14. The highest BCUT2D eigenvalue weighted by Gasteiger charge is 2.47. The molecule has 0 saturated heterocycles. The molecule has 1 aromatic carbocycles. The number of allylic oxidation sites excluding steroid dienone is 1. The normalized spacial score (nSPS) is 21.8. The molecule has 192 valence electrons. The molecule has 7 heteroatoms. The number of ether oxygens (including phenoxy) is 1. The molecule has 0 fully saturated rings. The van der Waals surface area contributed by atoms with Gasteiger partial charge in [-0.05, 0) is 61.8 Å². The molecule has 34 heavy (non-hydrogen) atoms. The second-order valence-electron chi connectivity index (χ2n) is 10.9. The van der Waals surface area contributed by atoms with E-state index < -0.39 is 7.82 Å². The molecule has 0 radical (unpaired) electrons. The van der Waals surface area contributed by atoms with Crippen LogP contribution in [0.4, 0.5) is 0 Å². The van der Waals surface area contributed by atoms with Gasteiger partial charge in [-0.2, -0.15) is 0 Å². The van der Waals surface area contributed by atoms with Crippen LogP contribution in [0.25, 0.3) is 0 Å². The Bertz CT molecular complexity index is 927. The number of phosphoric acid groups is 1. The van der Waals surface area contributed by atoms with Gasteiger partial charge >= 0.3 is 7.82 Å². The number of unbranched alkanes of at least 4 members (excludes halogenated alkanes) is 3. The zero-order valence-corrected chi connectivity index (χ0v) is 22.9. The molecule has 0 amide bonds. The zero-order chi connectivity index (χ0) is 25.1. The van der Waals surface area contributed by atoms with Gasteiger partial charge in [-0.1, -0.05) is 52.5 Å². The van der Waals surface area contributed by atoms with Crippen LogP contribution in [0.3, 0.4) is 0 Å². The standard InChI is InChI=1S/C27H43O6P/c1-8-9-10-11-14-26(2,3)20-16-23-25(24(17-20)33-34(29,30-6)31-7)21-15-19(18-28)12-13-22(21)27(4,5)32-23/h12,16-17,21-22,28H,8-11,13-15,18H2,1-7H3/t21-,22-/m0/s1. The lowest BCUT2D eigenvalue weighted by Gasteiger charge is -2.47.